The third-order valence-corrected chi connectivity index (χ3v) is 4.81. The van der Waals surface area contributed by atoms with E-state index in [1.807, 2.05) is 12.1 Å². The van der Waals surface area contributed by atoms with Gasteiger partial charge in [-0.15, -0.1) is 0 Å². The van der Waals surface area contributed by atoms with Crippen molar-refractivity contribution in [2.45, 2.75) is 13.0 Å². The van der Waals surface area contributed by atoms with E-state index in [4.69, 9.17) is 4.42 Å². The molecule has 2 aromatic carbocycles. The molecule has 2 heterocycles. The molecular weight excluding hydrogens is 348 g/mol. The van der Waals surface area contributed by atoms with Crippen LogP contribution in [-0.4, -0.2) is 36.1 Å². The Hall–Kier alpha value is -2.73. The van der Waals surface area contributed by atoms with Crippen molar-refractivity contribution in [1.29, 1.82) is 0 Å². The van der Waals surface area contributed by atoms with E-state index in [9.17, 15) is 8.78 Å². The first-order valence-corrected chi connectivity index (χ1v) is 9.10. The normalized spacial score (nSPS) is 15.7. The summed E-state index contributed by atoms with van der Waals surface area (Å²) >= 11 is 0. The van der Waals surface area contributed by atoms with Crippen molar-refractivity contribution in [1.82, 2.24) is 9.88 Å². The molecule has 4 nitrogen and oxygen atoms in total. The summed E-state index contributed by atoms with van der Waals surface area (Å²) in [5, 5.41) is 0. The van der Waals surface area contributed by atoms with Gasteiger partial charge in [-0.1, -0.05) is 0 Å². The van der Waals surface area contributed by atoms with Crippen LogP contribution in [0.25, 0.3) is 11.5 Å². The third kappa shape index (κ3) is 4.34. The van der Waals surface area contributed by atoms with Gasteiger partial charge in [0, 0.05) is 44.0 Å². The van der Waals surface area contributed by atoms with Gasteiger partial charge in [-0.3, -0.25) is 4.90 Å². The smallest absolute Gasteiger partial charge is 0.226 e. The van der Waals surface area contributed by atoms with Crippen molar-refractivity contribution in [2.75, 3.05) is 31.1 Å². The monoisotopic (exact) mass is 369 g/mol. The average Bonchev–Trinajstić information content (AvgIpc) is 3.01. The van der Waals surface area contributed by atoms with E-state index in [2.05, 4.69) is 14.8 Å². The Morgan fingerprint density at radius 2 is 1.56 bits per heavy atom. The maximum absolute atomic E-state index is 13.1. The van der Waals surface area contributed by atoms with Gasteiger partial charge in [0.05, 0.1) is 5.69 Å². The molecule has 0 spiro atoms. The zero-order valence-corrected chi connectivity index (χ0v) is 14.9. The standard InChI is InChI=1S/C21H21F2N3O/c22-17-4-2-16(3-5-17)21-24-19(15-27-21)14-25-10-1-11-26(13-12-25)20-8-6-18(23)7-9-20/h2-9,15H,1,10-14H2. The number of nitrogens with zero attached hydrogens (tertiary/aromatic N) is 3. The van der Waals surface area contributed by atoms with Gasteiger partial charge in [0.25, 0.3) is 0 Å². The molecule has 0 aliphatic carbocycles. The molecule has 6 heteroatoms. The Bertz CT molecular complexity index is 877. The predicted molar refractivity (Wildman–Crippen MR) is 100 cm³/mol. The van der Waals surface area contributed by atoms with Crippen LogP contribution < -0.4 is 4.90 Å². The van der Waals surface area contributed by atoms with Crippen LogP contribution in [0, 0.1) is 11.6 Å². The van der Waals surface area contributed by atoms with E-state index in [0.29, 0.717) is 12.4 Å². The van der Waals surface area contributed by atoms with Crippen LogP contribution in [0.2, 0.25) is 0 Å². The van der Waals surface area contributed by atoms with Gasteiger partial charge in [0.15, 0.2) is 0 Å². The highest BCUT2D eigenvalue weighted by molar-refractivity contribution is 5.52. The fraction of sp³-hybridized carbons (Fsp3) is 0.286. The van der Waals surface area contributed by atoms with Crippen LogP contribution in [0.1, 0.15) is 12.1 Å². The summed E-state index contributed by atoms with van der Waals surface area (Å²) in [7, 11) is 0. The largest absolute Gasteiger partial charge is 0.444 e. The highest BCUT2D eigenvalue weighted by Crippen LogP contribution is 2.21. The molecule has 1 fully saturated rings. The highest BCUT2D eigenvalue weighted by atomic mass is 19.1. The molecule has 4 rings (SSSR count). The Morgan fingerprint density at radius 3 is 2.30 bits per heavy atom. The fourth-order valence-corrected chi connectivity index (χ4v) is 3.37. The van der Waals surface area contributed by atoms with E-state index in [1.54, 1.807) is 18.4 Å². The number of anilines is 1. The SMILES string of the molecule is Fc1ccc(-c2nc(CN3CCCN(c4ccc(F)cc4)CC3)co2)cc1. The van der Waals surface area contributed by atoms with Crippen molar-refractivity contribution < 1.29 is 13.2 Å². The summed E-state index contributed by atoms with van der Waals surface area (Å²) in [6, 6.07) is 12.8. The lowest BCUT2D eigenvalue weighted by Crippen LogP contribution is -2.30. The van der Waals surface area contributed by atoms with E-state index in [-0.39, 0.29) is 11.6 Å². The van der Waals surface area contributed by atoms with Crippen LogP contribution in [-0.2, 0) is 6.54 Å². The summed E-state index contributed by atoms with van der Waals surface area (Å²) < 4.78 is 31.7. The number of hydrogen-bond acceptors (Lipinski definition) is 4. The Kier molecular flexibility index (Phi) is 5.16. The highest BCUT2D eigenvalue weighted by Gasteiger charge is 2.17. The molecule has 0 bridgehead atoms. The molecule has 1 saturated heterocycles. The minimum absolute atomic E-state index is 0.210. The Morgan fingerprint density at radius 1 is 0.852 bits per heavy atom. The average molecular weight is 369 g/mol. The predicted octanol–water partition coefficient (Wildman–Crippen LogP) is 4.33. The zero-order valence-electron chi connectivity index (χ0n) is 14.9. The second-order valence-electron chi connectivity index (χ2n) is 6.74. The first-order valence-electron chi connectivity index (χ1n) is 9.10. The van der Waals surface area contributed by atoms with Crippen LogP contribution in [0.5, 0.6) is 0 Å². The van der Waals surface area contributed by atoms with Gasteiger partial charge in [0.1, 0.15) is 17.9 Å². The molecule has 3 aromatic rings. The topological polar surface area (TPSA) is 32.5 Å². The van der Waals surface area contributed by atoms with Gasteiger partial charge in [0.2, 0.25) is 5.89 Å². The van der Waals surface area contributed by atoms with E-state index >= 15 is 0 Å². The van der Waals surface area contributed by atoms with Crippen LogP contribution in [0.15, 0.2) is 59.2 Å². The number of aromatic nitrogens is 1. The van der Waals surface area contributed by atoms with E-state index in [1.165, 1.54) is 24.3 Å². The van der Waals surface area contributed by atoms with Crippen molar-refractivity contribution in [3.63, 3.8) is 0 Å². The fourth-order valence-electron chi connectivity index (χ4n) is 3.37. The second kappa shape index (κ2) is 7.88. The van der Waals surface area contributed by atoms with Gasteiger partial charge < -0.3 is 9.32 Å². The Labute approximate surface area is 157 Å². The molecule has 0 N–H and O–H groups in total. The summed E-state index contributed by atoms with van der Waals surface area (Å²) in [6.07, 6.45) is 2.70. The second-order valence-corrected chi connectivity index (χ2v) is 6.74. The lowest BCUT2D eigenvalue weighted by atomic mass is 10.2. The number of benzene rings is 2. The van der Waals surface area contributed by atoms with Gasteiger partial charge in [-0.25, -0.2) is 13.8 Å². The molecular formula is C21H21F2N3O. The quantitative estimate of drug-likeness (QED) is 0.685. The minimum atomic E-state index is -0.277. The van der Waals surface area contributed by atoms with Crippen molar-refractivity contribution in [3.05, 3.63) is 72.1 Å². The minimum Gasteiger partial charge on any atom is -0.444 e. The van der Waals surface area contributed by atoms with Crippen molar-refractivity contribution in [2.24, 2.45) is 0 Å². The lowest BCUT2D eigenvalue weighted by Gasteiger charge is -2.23. The summed E-state index contributed by atoms with van der Waals surface area (Å²) in [6.45, 7) is 4.41. The third-order valence-electron chi connectivity index (χ3n) is 4.81. The maximum atomic E-state index is 13.1. The molecule has 0 atom stereocenters. The first-order chi connectivity index (χ1) is 13.2. The number of rotatable bonds is 4. The number of oxazole rings is 1. The van der Waals surface area contributed by atoms with Crippen LogP contribution in [0.3, 0.4) is 0 Å². The Balaban J connectivity index is 1.37. The molecule has 27 heavy (non-hydrogen) atoms. The molecule has 0 saturated carbocycles. The summed E-state index contributed by atoms with van der Waals surface area (Å²) in [5.74, 6) is 0.0201. The number of halogens is 2. The van der Waals surface area contributed by atoms with Gasteiger partial charge in [-0.2, -0.15) is 0 Å². The molecule has 0 unspecified atom stereocenters. The summed E-state index contributed by atoms with van der Waals surface area (Å²) in [5.41, 5.74) is 2.68. The molecule has 1 aliphatic heterocycles. The lowest BCUT2D eigenvalue weighted by molar-refractivity contribution is 0.282. The first kappa shape index (κ1) is 17.7. The molecule has 1 aliphatic rings. The van der Waals surface area contributed by atoms with Crippen molar-refractivity contribution in [3.8, 4) is 11.5 Å². The molecule has 1 aromatic heterocycles. The maximum Gasteiger partial charge on any atom is 0.226 e. The van der Waals surface area contributed by atoms with Crippen LogP contribution in [0.4, 0.5) is 14.5 Å². The number of hydrogen-bond donors (Lipinski definition) is 0. The summed E-state index contributed by atoms with van der Waals surface area (Å²) in [4.78, 5) is 9.16. The van der Waals surface area contributed by atoms with Gasteiger partial charge in [-0.05, 0) is 55.0 Å². The molecule has 140 valence electrons. The van der Waals surface area contributed by atoms with Gasteiger partial charge >= 0.3 is 0 Å². The van der Waals surface area contributed by atoms with E-state index in [0.717, 1.165) is 49.5 Å². The van der Waals surface area contributed by atoms with Crippen molar-refractivity contribution >= 4 is 5.69 Å². The van der Waals surface area contributed by atoms with E-state index < -0.39 is 0 Å². The molecule has 0 radical (unpaired) electrons. The molecule has 0 amide bonds. The van der Waals surface area contributed by atoms with Crippen LogP contribution >= 0.6 is 0 Å². The zero-order chi connectivity index (χ0) is 18.6.